The van der Waals surface area contributed by atoms with E-state index in [2.05, 4.69) is 10.3 Å². The quantitative estimate of drug-likeness (QED) is 0.604. The molecule has 1 amide bonds. The van der Waals surface area contributed by atoms with Crippen LogP contribution < -0.4 is 11.1 Å². The van der Waals surface area contributed by atoms with Crippen molar-refractivity contribution in [3.63, 3.8) is 0 Å². The van der Waals surface area contributed by atoms with Crippen molar-refractivity contribution in [3.05, 3.63) is 49.2 Å². The number of hydrogen-bond donors (Lipinski definition) is 3. The van der Waals surface area contributed by atoms with E-state index in [9.17, 15) is 9.90 Å². The average Bonchev–Trinajstić information content (AvgIpc) is 3.31. The molecule has 1 aliphatic rings. The van der Waals surface area contributed by atoms with Gasteiger partial charge >= 0.3 is 0 Å². The van der Waals surface area contributed by atoms with E-state index < -0.39 is 6.10 Å². The number of carbonyl (C=O) groups is 1. The minimum atomic E-state index is -0.510. The second kappa shape index (κ2) is 6.84. The molecule has 1 fully saturated rings. The van der Waals surface area contributed by atoms with Crippen molar-refractivity contribution >= 4 is 22.5 Å². The summed E-state index contributed by atoms with van der Waals surface area (Å²) in [6, 6.07) is 7.40. The number of carbonyl (C=O) groups excluding carboxylic acids is 1. The van der Waals surface area contributed by atoms with Crippen molar-refractivity contribution in [2.24, 2.45) is 5.92 Å². The number of rotatable bonds is 5. The molecule has 2 aromatic heterocycles. The first-order valence-corrected chi connectivity index (χ1v) is 8.86. The van der Waals surface area contributed by atoms with E-state index in [1.54, 1.807) is 12.5 Å². The number of nitrogens with one attached hydrogen (secondary N) is 1. The number of benzene rings is 1. The van der Waals surface area contributed by atoms with Crippen molar-refractivity contribution in [2.45, 2.75) is 38.1 Å². The molecule has 1 unspecified atom stereocenters. The van der Waals surface area contributed by atoms with Gasteiger partial charge in [-0.05, 0) is 37.0 Å². The molecular weight excluding hydrogens is 330 g/mol. The van der Waals surface area contributed by atoms with Crippen LogP contribution in [-0.4, -0.2) is 37.3 Å². The molecule has 1 saturated carbocycles. The van der Waals surface area contributed by atoms with E-state index in [4.69, 9.17) is 5.73 Å². The molecule has 1 aliphatic carbocycles. The largest absolute Gasteiger partial charge is 0.398 e. The molecular formula is C19H23N5O2. The molecule has 3 atom stereocenters. The lowest BCUT2D eigenvalue weighted by atomic mass is 10.1. The third kappa shape index (κ3) is 3.30. The number of nitrogen functional groups attached to an aromatic ring is 1. The van der Waals surface area contributed by atoms with Gasteiger partial charge in [0.25, 0.3) is 0 Å². The van der Waals surface area contributed by atoms with Crippen LogP contribution in [0.15, 0.2) is 49.2 Å². The number of aliphatic hydroxyl groups is 1. The zero-order valence-electron chi connectivity index (χ0n) is 14.5. The molecule has 4 N–H and O–H groups in total. The Labute approximate surface area is 151 Å². The highest BCUT2D eigenvalue weighted by atomic mass is 16.3. The van der Waals surface area contributed by atoms with Crippen LogP contribution in [0.4, 0.5) is 5.69 Å². The van der Waals surface area contributed by atoms with Gasteiger partial charge in [0, 0.05) is 36.2 Å². The lowest BCUT2D eigenvalue weighted by molar-refractivity contribution is -0.122. The van der Waals surface area contributed by atoms with Crippen molar-refractivity contribution in [2.75, 3.05) is 5.73 Å². The van der Waals surface area contributed by atoms with Gasteiger partial charge in [-0.1, -0.05) is 6.07 Å². The summed E-state index contributed by atoms with van der Waals surface area (Å²) in [7, 11) is 0. The monoisotopic (exact) mass is 353 g/mol. The number of nitrogens with two attached hydrogens (primary N) is 1. The van der Waals surface area contributed by atoms with E-state index in [1.165, 1.54) is 0 Å². The fraction of sp³-hybridized carbons (Fsp3) is 0.368. The number of hydrogen-bond acceptors (Lipinski definition) is 4. The smallest absolute Gasteiger partial charge is 0.240 e. The lowest BCUT2D eigenvalue weighted by Crippen LogP contribution is -2.41. The first-order valence-electron chi connectivity index (χ1n) is 8.86. The van der Waals surface area contributed by atoms with E-state index in [0.29, 0.717) is 18.0 Å². The summed E-state index contributed by atoms with van der Waals surface area (Å²) in [6.45, 7) is 1.02. The molecule has 0 bridgehead atoms. The number of nitrogens with zero attached hydrogens (tertiary/aromatic N) is 3. The van der Waals surface area contributed by atoms with Crippen LogP contribution in [0.3, 0.4) is 0 Å². The fourth-order valence-electron chi connectivity index (χ4n) is 3.91. The van der Waals surface area contributed by atoms with E-state index in [1.807, 2.05) is 45.8 Å². The topological polar surface area (TPSA) is 98.1 Å². The van der Waals surface area contributed by atoms with E-state index >= 15 is 0 Å². The van der Waals surface area contributed by atoms with Crippen LogP contribution in [0.1, 0.15) is 12.8 Å². The predicted octanol–water partition coefficient (Wildman–Crippen LogP) is 1.38. The highest BCUT2D eigenvalue weighted by Crippen LogP contribution is 2.28. The minimum absolute atomic E-state index is 0.0998. The maximum Gasteiger partial charge on any atom is 0.240 e. The van der Waals surface area contributed by atoms with Crippen LogP contribution in [0, 0.1) is 5.92 Å². The molecule has 26 heavy (non-hydrogen) atoms. The number of aromatic nitrogens is 3. The van der Waals surface area contributed by atoms with Crippen LogP contribution in [0.25, 0.3) is 10.9 Å². The highest BCUT2D eigenvalue weighted by Gasteiger charge is 2.34. The maximum atomic E-state index is 12.5. The molecule has 7 nitrogen and oxygen atoms in total. The first kappa shape index (κ1) is 16.7. The maximum absolute atomic E-state index is 12.5. The molecule has 136 valence electrons. The zero-order chi connectivity index (χ0) is 18.1. The Morgan fingerprint density at radius 2 is 2.19 bits per heavy atom. The Balaban J connectivity index is 1.37. The summed E-state index contributed by atoms with van der Waals surface area (Å²) in [5, 5.41) is 14.2. The summed E-state index contributed by atoms with van der Waals surface area (Å²) < 4.78 is 3.89. The Morgan fingerprint density at radius 1 is 1.31 bits per heavy atom. The Hall–Kier alpha value is -2.80. The van der Waals surface area contributed by atoms with E-state index in [0.717, 1.165) is 23.9 Å². The van der Waals surface area contributed by atoms with Gasteiger partial charge < -0.3 is 25.3 Å². The lowest BCUT2D eigenvalue weighted by Gasteiger charge is -2.17. The summed E-state index contributed by atoms with van der Waals surface area (Å²) in [5.41, 5.74) is 7.61. The molecule has 1 aromatic carbocycles. The van der Waals surface area contributed by atoms with Crippen molar-refractivity contribution in [1.29, 1.82) is 0 Å². The molecule has 0 aliphatic heterocycles. The molecule has 4 rings (SSSR count). The Bertz CT molecular complexity index is 902. The summed E-state index contributed by atoms with van der Waals surface area (Å²) in [6.07, 6.45) is 8.26. The normalized spacial score (nSPS) is 22.7. The van der Waals surface area contributed by atoms with Gasteiger partial charge in [-0.2, -0.15) is 0 Å². The van der Waals surface area contributed by atoms with Gasteiger partial charge in [-0.3, -0.25) is 4.79 Å². The Kier molecular flexibility index (Phi) is 4.38. The van der Waals surface area contributed by atoms with Crippen molar-refractivity contribution < 1.29 is 9.90 Å². The van der Waals surface area contributed by atoms with Crippen LogP contribution in [-0.2, 0) is 17.9 Å². The first-order chi connectivity index (χ1) is 12.6. The molecule has 3 aromatic rings. The number of aliphatic hydroxyl groups excluding tert-OH is 1. The minimum Gasteiger partial charge on any atom is -0.398 e. The molecule has 7 heteroatoms. The highest BCUT2D eigenvalue weighted by molar-refractivity contribution is 5.92. The molecule has 2 heterocycles. The summed E-state index contributed by atoms with van der Waals surface area (Å²) in [4.78, 5) is 16.5. The molecule has 0 spiro atoms. The standard InChI is InChI=1S/C19H23N5O2/c20-15-2-1-3-17-14(15)4-6-24(17)11-19(26)22-16-8-13(9-18(16)25)10-23-7-5-21-12-23/h1-7,12-13,16,18,25H,8-11,20H2,(H,22,26)/t13?,16-,18-/m1/s1. The van der Waals surface area contributed by atoms with Crippen LogP contribution in [0.5, 0.6) is 0 Å². The second-order valence-electron chi connectivity index (χ2n) is 7.06. The zero-order valence-corrected chi connectivity index (χ0v) is 14.5. The number of anilines is 1. The van der Waals surface area contributed by atoms with Gasteiger partial charge in [0.15, 0.2) is 0 Å². The van der Waals surface area contributed by atoms with Gasteiger partial charge in [0.1, 0.15) is 6.54 Å². The van der Waals surface area contributed by atoms with Gasteiger partial charge in [-0.15, -0.1) is 0 Å². The van der Waals surface area contributed by atoms with Gasteiger partial charge in [-0.25, -0.2) is 4.98 Å². The number of fused-ring (bicyclic) bond motifs is 1. The summed E-state index contributed by atoms with van der Waals surface area (Å²) >= 11 is 0. The van der Waals surface area contributed by atoms with E-state index in [-0.39, 0.29) is 18.5 Å². The van der Waals surface area contributed by atoms with Crippen molar-refractivity contribution in [3.8, 4) is 0 Å². The molecule has 0 saturated heterocycles. The van der Waals surface area contributed by atoms with Gasteiger partial charge in [0.2, 0.25) is 5.91 Å². The van der Waals surface area contributed by atoms with Gasteiger partial charge in [0.05, 0.1) is 24.0 Å². The van der Waals surface area contributed by atoms with Crippen LogP contribution >= 0.6 is 0 Å². The SMILES string of the molecule is Nc1cccc2c1ccn2CC(=O)N[C@@H]1CC(Cn2ccnc2)C[C@H]1O. The predicted molar refractivity (Wildman–Crippen MR) is 99.2 cm³/mol. The third-order valence-electron chi connectivity index (χ3n) is 5.16. The molecule has 0 radical (unpaired) electrons. The number of amides is 1. The third-order valence-corrected chi connectivity index (χ3v) is 5.16. The summed E-state index contributed by atoms with van der Waals surface area (Å²) in [5.74, 6) is 0.231. The number of imidazole rings is 1. The average molecular weight is 353 g/mol. The Morgan fingerprint density at radius 3 is 3.00 bits per heavy atom. The van der Waals surface area contributed by atoms with Crippen LogP contribution in [0.2, 0.25) is 0 Å². The fourth-order valence-corrected chi connectivity index (χ4v) is 3.91. The van der Waals surface area contributed by atoms with Crippen molar-refractivity contribution in [1.82, 2.24) is 19.4 Å². The second-order valence-corrected chi connectivity index (χ2v) is 7.06.